The number of nitrogens with zero attached hydrogens (tertiary/aromatic N) is 1. The van der Waals surface area contributed by atoms with Crippen LogP contribution in [0.1, 0.15) is 33.6 Å². The van der Waals surface area contributed by atoms with Crippen molar-refractivity contribution in [1.29, 1.82) is 0 Å². The Bertz CT molecular complexity index is 270. The molecule has 0 aromatic heterocycles. The maximum atomic E-state index is 13.6. The van der Waals surface area contributed by atoms with E-state index in [0.717, 1.165) is 6.54 Å². The van der Waals surface area contributed by atoms with Crippen LogP contribution in [0.5, 0.6) is 0 Å². The zero-order chi connectivity index (χ0) is 10.1. The molecule has 0 bridgehead atoms. The average Bonchev–Trinajstić information content (AvgIpc) is 2.45. The van der Waals surface area contributed by atoms with E-state index in [1.807, 2.05) is 0 Å². The van der Waals surface area contributed by atoms with Crippen LogP contribution in [-0.4, -0.2) is 29.7 Å². The summed E-state index contributed by atoms with van der Waals surface area (Å²) in [7, 11) is 0. The Balaban J connectivity index is 2.01. The van der Waals surface area contributed by atoms with Crippen molar-refractivity contribution in [2.24, 2.45) is 17.3 Å². The van der Waals surface area contributed by atoms with E-state index in [2.05, 4.69) is 25.7 Å². The first kappa shape index (κ1) is 9.14. The third-order valence-electron chi connectivity index (χ3n) is 4.90. The SMILES string of the molecule is CC(C)(C)C12CCCN1CC1C(F)C12. The molecule has 2 saturated heterocycles. The van der Waals surface area contributed by atoms with Gasteiger partial charge in [-0.2, -0.15) is 0 Å². The molecule has 3 aliphatic rings. The fourth-order valence-corrected chi connectivity index (χ4v) is 4.30. The second-order valence-electron chi connectivity index (χ2n) is 6.36. The Labute approximate surface area is 85.7 Å². The molecule has 1 nitrogen and oxygen atoms in total. The minimum atomic E-state index is -0.483. The lowest BCUT2D eigenvalue weighted by molar-refractivity contribution is 0.0239. The average molecular weight is 197 g/mol. The fraction of sp³-hybridized carbons (Fsp3) is 1.00. The number of rotatable bonds is 0. The van der Waals surface area contributed by atoms with Crippen LogP contribution >= 0.6 is 0 Å². The molecule has 1 aliphatic carbocycles. The van der Waals surface area contributed by atoms with E-state index in [-0.39, 0.29) is 11.0 Å². The van der Waals surface area contributed by atoms with Crippen LogP contribution < -0.4 is 0 Å². The van der Waals surface area contributed by atoms with Crippen molar-refractivity contribution in [2.75, 3.05) is 13.1 Å². The first-order chi connectivity index (χ1) is 6.48. The molecule has 0 aromatic rings. The smallest absolute Gasteiger partial charge is 0.110 e. The molecular formula is C12H20FN. The van der Waals surface area contributed by atoms with Gasteiger partial charge in [0.15, 0.2) is 0 Å². The Morgan fingerprint density at radius 3 is 2.71 bits per heavy atom. The van der Waals surface area contributed by atoms with Crippen LogP contribution in [-0.2, 0) is 0 Å². The molecule has 3 fully saturated rings. The minimum absolute atomic E-state index is 0.205. The van der Waals surface area contributed by atoms with E-state index in [1.54, 1.807) is 0 Å². The Morgan fingerprint density at radius 2 is 2.07 bits per heavy atom. The minimum Gasteiger partial charge on any atom is -0.296 e. The number of piperidine rings is 1. The maximum absolute atomic E-state index is 13.6. The summed E-state index contributed by atoms with van der Waals surface area (Å²) in [4.78, 5) is 2.58. The number of hydrogen-bond acceptors (Lipinski definition) is 1. The third-order valence-corrected chi connectivity index (χ3v) is 4.90. The quantitative estimate of drug-likeness (QED) is 0.576. The van der Waals surface area contributed by atoms with E-state index in [0.29, 0.717) is 11.8 Å². The first-order valence-electron chi connectivity index (χ1n) is 5.87. The largest absolute Gasteiger partial charge is 0.296 e. The molecule has 4 unspecified atom stereocenters. The van der Waals surface area contributed by atoms with Gasteiger partial charge in [-0.1, -0.05) is 20.8 Å². The highest BCUT2D eigenvalue weighted by Gasteiger charge is 2.73. The van der Waals surface area contributed by atoms with Gasteiger partial charge in [0.05, 0.1) is 0 Å². The third kappa shape index (κ3) is 0.804. The highest BCUT2D eigenvalue weighted by Crippen LogP contribution is 2.66. The van der Waals surface area contributed by atoms with Crippen LogP contribution in [0.4, 0.5) is 4.39 Å². The standard InChI is InChI=1S/C12H20FN/c1-11(2,3)12-5-4-6-14(12)7-8-9(12)10(8)13/h8-10H,4-7H2,1-3H3. The van der Waals surface area contributed by atoms with Crippen LogP contribution in [0.25, 0.3) is 0 Å². The Morgan fingerprint density at radius 1 is 1.36 bits per heavy atom. The van der Waals surface area contributed by atoms with Crippen molar-refractivity contribution in [2.45, 2.75) is 45.3 Å². The Kier molecular flexibility index (Phi) is 1.53. The van der Waals surface area contributed by atoms with Gasteiger partial charge >= 0.3 is 0 Å². The molecule has 2 heteroatoms. The molecule has 0 aromatic carbocycles. The summed E-state index contributed by atoms with van der Waals surface area (Å²) in [5.74, 6) is 0.750. The number of halogens is 1. The van der Waals surface area contributed by atoms with Gasteiger partial charge in [0, 0.05) is 23.9 Å². The van der Waals surface area contributed by atoms with Gasteiger partial charge in [0.2, 0.25) is 0 Å². The van der Waals surface area contributed by atoms with Gasteiger partial charge in [-0.05, 0) is 24.8 Å². The van der Waals surface area contributed by atoms with Crippen molar-refractivity contribution in [1.82, 2.24) is 4.90 Å². The molecule has 4 atom stereocenters. The molecule has 14 heavy (non-hydrogen) atoms. The van der Waals surface area contributed by atoms with E-state index in [9.17, 15) is 4.39 Å². The monoisotopic (exact) mass is 197 g/mol. The van der Waals surface area contributed by atoms with E-state index in [4.69, 9.17) is 0 Å². The van der Waals surface area contributed by atoms with Crippen molar-refractivity contribution < 1.29 is 4.39 Å². The summed E-state index contributed by atoms with van der Waals surface area (Å²) >= 11 is 0. The Hall–Kier alpha value is -0.110. The topological polar surface area (TPSA) is 3.24 Å². The van der Waals surface area contributed by atoms with Crippen molar-refractivity contribution in [3.8, 4) is 0 Å². The zero-order valence-electron chi connectivity index (χ0n) is 9.39. The van der Waals surface area contributed by atoms with Gasteiger partial charge < -0.3 is 0 Å². The summed E-state index contributed by atoms with van der Waals surface area (Å²) in [6.45, 7) is 9.11. The lowest BCUT2D eigenvalue weighted by Crippen LogP contribution is -2.53. The van der Waals surface area contributed by atoms with Gasteiger partial charge in [-0.15, -0.1) is 0 Å². The van der Waals surface area contributed by atoms with Gasteiger partial charge in [-0.25, -0.2) is 4.39 Å². The number of alkyl halides is 1. The van der Waals surface area contributed by atoms with Crippen LogP contribution in [0.15, 0.2) is 0 Å². The summed E-state index contributed by atoms with van der Waals surface area (Å²) in [5, 5.41) is 0. The van der Waals surface area contributed by atoms with Crippen LogP contribution in [0, 0.1) is 17.3 Å². The second-order valence-corrected chi connectivity index (χ2v) is 6.36. The number of hydrogen-bond donors (Lipinski definition) is 0. The predicted octanol–water partition coefficient (Wildman–Crippen LogP) is 2.46. The first-order valence-corrected chi connectivity index (χ1v) is 5.87. The summed E-state index contributed by atoms with van der Waals surface area (Å²) in [6, 6.07) is 0. The molecule has 3 rings (SSSR count). The lowest BCUT2D eigenvalue weighted by atomic mass is 9.69. The van der Waals surface area contributed by atoms with E-state index < -0.39 is 6.17 Å². The molecule has 0 radical (unpaired) electrons. The normalized spacial score (nSPS) is 51.9. The fourth-order valence-electron chi connectivity index (χ4n) is 4.30. The molecule has 2 aliphatic heterocycles. The van der Waals surface area contributed by atoms with E-state index >= 15 is 0 Å². The van der Waals surface area contributed by atoms with Crippen molar-refractivity contribution >= 4 is 0 Å². The van der Waals surface area contributed by atoms with Crippen molar-refractivity contribution in [3.05, 3.63) is 0 Å². The number of fused-ring (bicyclic) bond motifs is 3. The van der Waals surface area contributed by atoms with Gasteiger partial charge in [0.1, 0.15) is 6.17 Å². The van der Waals surface area contributed by atoms with Gasteiger partial charge in [0.25, 0.3) is 0 Å². The van der Waals surface area contributed by atoms with Crippen LogP contribution in [0.3, 0.4) is 0 Å². The predicted molar refractivity (Wildman–Crippen MR) is 54.9 cm³/mol. The van der Waals surface area contributed by atoms with Crippen LogP contribution in [0.2, 0.25) is 0 Å². The molecule has 80 valence electrons. The highest BCUT2D eigenvalue weighted by atomic mass is 19.1. The summed E-state index contributed by atoms with van der Waals surface area (Å²) < 4.78 is 13.6. The molecule has 0 amide bonds. The maximum Gasteiger partial charge on any atom is 0.110 e. The lowest BCUT2D eigenvalue weighted by Gasteiger charge is -2.46. The molecule has 1 saturated carbocycles. The molecule has 0 N–H and O–H groups in total. The van der Waals surface area contributed by atoms with E-state index in [1.165, 1.54) is 19.4 Å². The zero-order valence-corrected chi connectivity index (χ0v) is 9.39. The highest BCUT2D eigenvalue weighted by molar-refractivity contribution is 5.24. The second kappa shape index (κ2) is 2.34. The van der Waals surface area contributed by atoms with Crippen molar-refractivity contribution in [3.63, 3.8) is 0 Å². The van der Waals surface area contributed by atoms with Gasteiger partial charge in [-0.3, -0.25) is 4.90 Å². The summed E-state index contributed by atoms with van der Waals surface area (Å²) in [6.07, 6.45) is 2.01. The summed E-state index contributed by atoms with van der Waals surface area (Å²) in [5.41, 5.74) is 0.445. The molecule has 0 spiro atoms. The molecular weight excluding hydrogens is 177 g/mol. The molecule has 2 heterocycles.